The van der Waals surface area contributed by atoms with Crippen LogP contribution in [0, 0.1) is 13.8 Å². The van der Waals surface area contributed by atoms with Gasteiger partial charge in [-0.25, -0.2) is 9.97 Å². The minimum Gasteiger partial charge on any atom is -0.373 e. The average molecular weight is 307 g/mol. The van der Waals surface area contributed by atoms with E-state index in [0.717, 1.165) is 27.4 Å². The van der Waals surface area contributed by atoms with Gasteiger partial charge in [-0.3, -0.25) is 0 Å². The van der Waals surface area contributed by atoms with Gasteiger partial charge in [-0.05, 0) is 37.6 Å². The highest BCUT2D eigenvalue weighted by Crippen LogP contribution is 2.25. The lowest BCUT2D eigenvalue weighted by Gasteiger charge is -2.11. The summed E-state index contributed by atoms with van der Waals surface area (Å²) in [6, 6.07) is 6.11. The molecule has 0 unspecified atom stereocenters. The fourth-order valence-electron chi connectivity index (χ4n) is 1.69. The topological polar surface area (TPSA) is 49.8 Å². The molecule has 0 aliphatic carbocycles. The number of rotatable bonds is 3. The number of anilines is 3. The van der Waals surface area contributed by atoms with Crippen molar-refractivity contribution in [2.75, 3.05) is 17.7 Å². The number of aromatic nitrogens is 2. The normalized spacial score (nSPS) is 10.2. The summed E-state index contributed by atoms with van der Waals surface area (Å²) >= 11 is 3.49. The Hall–Kier alpha value is -1.62. The molecule has 0 spiro atoms. The van der Waals surface area contributed by atoms with Crippen molar-refractivity contribution in [3.05, 3.63) is 40.1 Å². The SMILES string of the molecule is CNc1ncnc(Nc2ccc(Br)c(C)c2)c1C. The molecule has 5 heteroatoms. The molecule has 18 heavy (non-hydrogen) atoms. The summed E-state index contributed by atoms with van der Waals surface area (Å²) in [4.78, 5) is 8.42. The van der Waals surface area contributed by atoms with E-state index in [1.54, 1.807) is 6.33 Å². The smallest absolute Gasteiger partial charge is 0.138 e. The molecule has 0 aliphatic rings. The molecule has 1 aromatic carbocycles. The number of nitrogens with one attached hydrogen (secondary N) is 2. The molecule has 94 valence electrons. The van der Waals surface area contributed by atoms with E-state index < -0.39 is 0 Å². The van der Waals surface area contributed by atoms with Crippen LogP contribution in [0.1, 0.15) is 11.1 Å². The van der Waals surface area contributed by atoms with Gasteiger partial charge in [-0.1, -0.05) is 15.9 Å². The van der Waals surface area contributed by atoms with Gasteiger partial charge in [0.25, 0.3) is 0 Å². The van der Waals surface area contributed by atoms with Crippen LogP contribution in [0.2, 0.25) is 0 Å². The van der Waals surface area contributed by atoms with E-state index in [1.165, 1.54) is 5.56 Å². The Balaban J connectivity index is 2.31. The lowest BCUT2D eigenvalue weighted by Crippen LogP contribution is -2.02. The number of hydrogen-bond acceptors (Lipinski definition) is 4. The maximum absolute atomic E-state index is 4.26. The Morgan fingerprint density at radius 1 is 1.11 bits per heavy atom. The molecule has 1 aromatic heterocycles. The molecule has 0 fully saturated rings. The molecular formula is C13H15BrN4. The van der Waals surface area contributed by atoms with Crippen LogP contribution >= 0.6 is 15.9 Å². The van der Waals surface area contributed by atoms with Gasteiger partial charge < -0.3 is 10.6 Å². The van der Waals surface area contributed by atoms with Gasteiger partial charge in [-0.15, -0.1) is 0 Å². The predicted molar refractivity (Wildman–Crippen MR) is 78.5 cm³/mol. The summed E-state index contributed by atoms with van der Waals surface area (Å²) < 4.78 is 1.10. The number of aryl methyl sites for hydroxylation is 1. The molecule has 1 heterocycles. The van der Waals surface area contributed by atoms with Gasteiger partial charge in [-0.2, -0.15) is 0 Å². The summed E-state index contributed by atoms with van der Waals surface area (Å²) in [7, 11) is 1.85. The molecule has 0 saturated carbocycles. The van der Waals surface area contributed by atoms with E-state index in [2.05, 4.69) is 49.5 Å². The van der Waals surface area contributed by atoms with Crippen molar-refractivity contribution in [1.82, 2.24) is 9.97 Å². The van der Waals surface area contributed by atoms with Crippen molar-refractivity contribution in [3.8, 4) is 0 Å². The number of nitrogens with zero attached hydrogens (tertiary/aromatic N) is 2. The van der Waals surface area contributed by atoms with Crippen molar-refractivity contribution in [2.24, 2.45) is 0 Å². The first-order chi connectivity index (χ1) is 8.61. The molecule has 0 aliphatic heterocycles. The largest absolute Gasteiger partial charge is 0.373 e. The molecular weight excluding hydrogens is 292 g/mol. The summed E-state index contributed by atoms with van der Waals surface area (Å²) in [5, 5.41) is 6.35. The highest BCUT2D eigenvalue weighted by atomic mass is 79.9. The Morgan fingerprint density at radius 3 is 2.50 bits per heavy atom. The summed E-state index contributed by atoms with van der Waals surface area (Å²) in [6.45, 7) is 4.04. The van der Waals surface area contributed by atoms with Gasteiger partial charge in [0.15, 0.2) is 0 Å². The fourth-order valence-corrected chi connectivity index (χ4v) is 1.93. The van der Waals surface area contributed by atoms with Crippen LogP contribution in [-0.2, 0) is 0 Å². The van der Waals surface area contributed by atoms with E-state index >= 15 is 0 Å². The van der Waals surface area contributed by atoms with Crippen molar-refractivity contribution < 1.29 is 0 Å². The highest BCUT2D eigenvalue weighted by molar-refractivity contribution is 9.10. The fraction of sp³-hybridized carbons (Fsp3) is 0.231. The molecule has 0 atom stereocenters. The van der Waals surface area contributed by atoms with Gasteiger partial charge in [0.2, 0.25) is 0 Å². The van der Waals surface area contributed by atoms with Crippen LogP contribution in [0.4, 0.5) is 17.3 Å². The second-order valence-corrected chi connectivity index (χ2v) is 4.89. The first-order valence-electron chi connectivity index (χ1n) is 5.64. The van der Waals surface area contributed by atoms with Crippen LogP contribution in [0.15, 0.2) is 29.0 Å². The summed E-state index contributed by atoms with van der Waals surface area (Å²) in [6.07, 6.45) is 1.55. The second kappa shape index (κ2) is 5.35. The minimum atomic E-state index is 0.816. The molecule has 0 bridgehead atoms. The minimum absolute atomic E-state index is 0.816. The van der Waals surface area contributed by atoms with Gasteiger partial charge in [0.1, 0.15) is 18.0 Å². The summed E-state index contributed by atoms with van der Waals surface area (Å²) in [5.74, 6) is 1.65. The molecule has 4 nitrogen and oxygen atoms in total. The third kappa shape index (κ3) is 2.61. The van der Waals surface area contributed by atoms with E-state index in [4.69, 9.17) is 0 Å². The van der Waals surface area contributed by atoms with Crippen molar-refractivity contribution in [2.45, 2.75) is 13.8 Å². The average Bonchev–Trinajstić information content (AvgIpc) is 2.36. The van der Waals surface area contributed by atoms with Crippen molar-refractivity contribution in [3.63, 3.8) is 0 Å². The first kappa shape index (κ1) is 12.8. The Bertz CT molecular complexity index is 569. The Kier molecular flexibility index (Phi) is 3.81. The third-order valence-corrected chi connectivity index (χ3v) is 3.63. The van der Waals surface area contributed by atoms with Crippen LogP contribution in [-0.4, -0.2) is 17.0 Å². The van der Waals surface area contributed by atoms with E-state index in [0.29, 0.717) is 0 Å². The molecule has 2 rings (SSSR count). The zero-order valence-electron chi connectivity index (χ0n) is 10.6. The zero-order valence-corrected chi connectivity index (χ0v) is 12.2. The lowest BCUT2D eigenvalue weighted by molar-refractivity contribution is 1.12. The standard InChI is InChI=1S/C13H15BrN4/c1-8-6-10(4-5-11(8)14)18-13-9(2)12(15-3)16-7-17-13/h4-7H,1-3H3,(H2,15,16,17,18). The van der Waals surface area contributed by atoms with Crippen molar-refractivity contribution >= 4 is 33.3 Å². The lowest BCUT2D eigenvalue weighted by atomic mass is 10.2. The first-order valence-corrected chi connectivity index (χ1v) is 6.43. The molecule has 0 saturated heterocycles. The maximum Gasteiger partial charge on any atom is 0.138 e. The third-order valence-electron chi connectivity index (χ3n) is 2.74. The van der Waals surface area contributed by atoms with E-state index in [9.17, 15) is 0 Å². The Labute approximate surface area is 115 Å². The maximum atomic E-state index is 4.26. The van der Waals surface area contributed by atoms with Crippen LogP contribution in [0.3, 0.4) is 0 Å². The van der Waals surface area contributed by atoms with Crippen molar-refractivity contribution in [1.29, 1.82) is 0 Å². The van der Waals surface area contributed by atoms with Crippen LogP contribution in [0.25, 0.3) is 0 Å². The molecule has 2 N–H and O–H groups in total. The number of hydrogen-bond donors (Lipinski definition) is 2. The quantitative estimate of drug-likeness (QED) is 0.909. The number of benzene rings is 1. The van der Waals surface area contributed by atoms with Gasteiger partial charge >= 0.3 is 0 Å². The number of halogens is 1. The van der Waals surface area contributed by atoms with Crippen LogP contribution < -0.4 is 10.6 Å². The summed E-state index contributed by atoms with van der Waals surface area (Å²) in [5.41, 5.74) is 3.20. The molecule has 2 aromatic rings. The van der Waals surface area contributed by atoms with Crippen LogP contribution in [0.5, 0.6) is 0 Å². The van der Waals surface area contributed by atoms with Gasteiger partial charge in [0.05, 0.1) is 0 Å². The molecule has 0 radical (unpaired) electrons. The Morgan fingerprint density at radius 2 is 1.83 bits per heavy atom. The van der Waals surface area contributed by atoms with Gasteiger partial charge in [0, 0.05) is 22.8 Å². The predicted octanol–water partition coefficient (Wildman–Crippen LogP) is 3.64. The van der Waals surface area contributed by atoms with E-state index in [1.807, 2.05) is 26.1 Å². The zero-order chi connectivity index (χ0) is 13.1. The second-order valence-electron chi connectivity index (χ2n) is 4.03. The highest BCUT2D eigenvalue weighted by Gasteiger charge is 2.06. The molecule has 0 amide bonds. The monoisotopic (exact) mass is 306 g/mol. The van der Waals surface area contributed by atoms with E-state index in [-0.39, 0.29) is 0 Å².